The first kappa shape index (κ1) is 22.1. The van der Waals surface area contributed by atoms with Crippen molar-refractivity contribution in [2.75, 3.05) is 25.6 Å². The first-order valence-corrected chi connectivity index (χ1v) is 9.89. The Balaban J connectivity index is 1.67. The lowest BCUT2D eigenvalue weighted by atomic mass is 10.1. The van der Waals surface area contributed by atoms with Gasteiger partial charge in [-0.15, -0.1) is 0 Å². The first-order valence-electron chi connectivity index (χ1n) is 9.89. The molecule has 31 heavy (non-hydrogen) atoms. The summed E-state index contributed by atoms with van der Waals surface area (Å²) in [6.07, 6.45) is 0.702. The number of rotatable bonds is 10. The normalized spacial score (nSPS) is 10.6. The summed E-state index contributed by atoms with van der Waals surface area (Å²) in [4.78, 5) is 23.6. The molecule has 160 valence electrons. The van der Waals surface area contributed by atoms with E-state index in [9.17, 15) is 14.9 Å². The van der Waals surface area contributed by atoms with E-state index in [1.54, 1.807) is 31.4 Å². The van der Waals surface area contributed by atoms with Gasteiger partial charge < -0.3 is 14.8 Å². The van der Waals surface area contributed by atoms with Crippen molar-refractivity contribution >= 4 is 17.3 Å². The highest BCUT2D eigenvalue weighted by molar-refractivity contribution is 6.04. The average molecular weight is 420 g/mol. The lowest BCUT2D eigenvalue weighted by molar-refractivity contribution is -0.386. The number of nitro groups is 1. The Kier molecular flexibility index (Phi) is 7.86. The average Bonchev–Trinajstić information content (AvgIpc) is 2.80. The van der Waals surface area contributed by atoms with Gasteiger partial charge in [-0.25, -0.2) is 0 Å². The fourth-order valence-electron chi connectivity index (χ4n) is 3.06. The molecule has 1 amide bonds. The van der Waals surface area contributed by atoms with Gasteiger partial charge in [0.15, 0.2) is 0 Å². The predicted octanol–water partition coefficient (Wildman–Crippen LogP) is 5.07. The van der Waals surface area contributed by atoms with Gasteiger partial charge in [-0.3, -0.25) is 14.9 Å². The lowest BCUT2D eigenvalue weighted by Gasteiger charge is -2.09. The van der Waals surface area contributed by atoms with E-state index < -0.39 is 10.8 Å². The van der Waals surface area contributed by atoms with Crippen molar-refractivity contribution in [3.63, 3.8) is 0 Å². The number of ether oxygens (including phenoxy) is 2. The van der Waals surface area contributed by atoms with E-state index in [0.717, 1.165) is 11.1 Å². The van der Waals surface area contributed by atoms with Crippen LogP contribution in [0.2, 0.25) is 0 Å². The molecule has 0 aromatic heterocycles. The highest BCUT2D eigenvalue weighted by Crippen LogP contribution is 2.24. The van der Waals surface area contributed by atoms with Crippen LogP contribution in [0.15, 0.2) is 72.8 Å². The summed E-state index contributed by atoms with van der Waals surface area (Å²) in [7, 11) is 1.60. The molecule has 7 nitrogen and oxygen atoms in total. The van der Waals surface area contributed by atoms with Crippen LogP contribution in [0.5, 0.6) is 0 Å². The van der Waals surface area contributed by atoms with Crippen molar-refractivity contribution in [3.8, 4) is 11.1 Å². The SMILES string of the molecule is COCCCOCc1ccc(C(=O)Nc2ccc(-c3ccccc3)cc2)cc1[N+](=O)[O-]. The van der Waals surface area contributed by atoms with Gasteiger partial charge in [-0.1, -0.05) is 42.5 Å². The van der Waals surface area contributed by atoms with Gasteiger partial charge in [0.25, 0.3) is 11.6 Å². The maximum atomic E-state index is 12.6. The third kappa shape index (κ3) is 6.21. The van der Waals surface area contributed by atoms with E-state index in [1.807, 2.05) is 42.5 Å². The van der Waals surface area contributed by atoms with E-state index in [4.69, 9.17) is 9.47 Å². The molecule has 7 heteroatoms. The maximum Gasteiger partial charge on any atom is 0.275 e. The van der Waals surface area contributed by atoms with Crippen LogP contribution in [0, 0.1) is 10.1 Å². The second-order valence-corrected chi connectivity index (χ2v) is 6.90. The largest absolute Gasteiger partial charge is 0.385 e. The summed E-state index contributed by atoms with van der Waals surface area (Å²) >= 11 is 0. The number of nitro benzene ring substituents is 1. The molecule has 0 aliphatic heterocycles. The van der Waals surface area contributed by atoms with Crippen molar-refractivity contribution in [2.45, 2.75) is 13.0 Å². The zero-order valence-corrected chi connectivity index (χ0v) is 17.2. The quantitative estimate of drug-likeness (QED) is 0.281. The molecule has 0 heterocycles. The number of anilines is 1. The molecule has 0 unspecified atom stereocenters. The Bertz CT molecular complexity index is 1020. The second kappa shape index (κ2) is 11.0. The third-order valence-electron chi connectivity index (χ3n) is 4.69. The summed E-state index contributed by atoms with van der Waals surface area (Å²) in [6, 6.07) is 21.7. The minimum Gasteiger partial charge on any atom is -0.385 e. The molecule has 1 N–H and O–H groups in total. The molecule has 0 saturated carbocycles. The van der Waals surface area contributed by atoms with E-state index >= 15 is 0 Å². The van der Waals surface area contributed by atoms with E-state index in [2.05, 4.69) is 5.32 Å². The van der Waals surface area contributed by atoms with Crippen molar-refractivity contribution in [3.05, 3.63) is 94.0 Å². The number of carbonyl (C=O) groups excluding carboxylic acids is 1. The standard InChI is InChI=1S/C24H24N2O5/c1-30-14-5-15-31-17-21-9-8-20(16-23(21)26(28)29)24(27)25-22-12-10-19(11-13-22)18-6-3-2-4-7-18/h2-4,6-13,16H,5,14-15,17H2,1H3,(H,25,27). The highest BCUT2D eigenvalue weighted by Gasteiger charge is 2.18. The molecule has 0 fully saturated rings. The zero-order valence-electron chi connectivity index (χ0n) is 17.2. The van der Waals surface area contributed by atoms with Crippen molar-refractivity contribution < 1.29 is 19.2 Å². The molecular weight excluding hydrogens is 396 g/mol. The molecule has 3 aromatic rings. The van der Waals surface area contributed by atoms with Gasteiger partial charge in [-0.05, 0) is 41.8 Å². The van der Waals surface area contributed by atoms with Gasteiger partial charge in [0, 0.05) is 37.6 Å². The Labute approximate surface area is 180 Å². The van der Waals surface area contributed by atoms with Gasteiger partial charge in [0.2, 0.25) is 0 Å². The van der Waals surface area contributed by atoms with Crippen LogP contribution in [0.1, 0.15) is 22.3 Å². The monoisotopic (exact) mass is 420 g/mol. The Morgan fingerprint density at radius 2 is 1.68 bits per heavy atom. The summed E-state index contributed by atoms with van der Waals surface area (Å²) in [6.45, 7) is 1.10. The number of hydrogen-bond acceptors (Lipinski definition) is 5. The summed E-state index contributed by atoms with van der Waals surface area (Å²) in [5, 5.41) is 14.2. The zero-order chi connectivity index (χ0) is 22.1. The Morgan fingerprint density at radius 1 is 0.968 bits per heavy atom. The van der Waals surface area contributed by atoms with Crippen molar-refractivity contribution in [1.82, 2.24) is 0 Å². The molecule has 0 aliphatic carbocycles. The number of amides is 1. The molecule has 0 saturated heterocycles. The first-order chi connectivity index (χ1) is 15.1. The molecule has 0 aliphatic rings. The Morgan fingerprint density at radius 3 is 2.35 bits per heavy atom. The van der Waals surface area contributed by atoms with Gasteiger partial charge in [0.05, 0.1) is 17.1 Å². The van der Waals surface area contributed by atoms with Gasteiger partial charge in [0.1, 0.15) is 0 Å². The molecule has 0 spiro atoms. The number of nitrogens with one attached hydrogen (secondary N) is 1. The second-order valence-electron chi connectivity index (χ2n) is 6.90. The van der Waals surface area contributed by atoms with E-state index in [1.165, 1.54) is 6.07 Å². The molecular formula is C24H24N2O5. The van der Waals surface area contributed by atoms with Crippen molar-refractivity contribution in [2.24, 2.45) is 0 Å². The number of nitrogens with zero attached hydrogens (tertiary/aromatic N) is 1. The summed E-state index contributed by atoms with van der Waals surface area (Å²) in [5.41, 5.74) is 3.21. The van der Waals surface area contributed by atoms with E-state index in [0.29, 0.717) is 30.9 Å². The van der Waals surface area contributed by atoms with Crippen LogP contribution in [0.25, 0.3) is 11.1 Å². The smallest absolute Gasteiger partial charge is 0.275 e. The van der Waals surface area contributed by atoms with Gasteiger partial charge in [-0.2, -0.15) is 0 Å². The molecule has 3 aromatic carbocycles. The van der Waals surface area contributed by atoms with Crippen molar-refractivity contribution in [1.29, 1.82) is 0 Å². The molecule has 0 radical (unpaired) electrons. The summed E-state index contributed by atoms with van der Waals surface area (Å²) < 4.78 is 10.4. The molecule has 0 atom stereocenters. The number of methoxy groups -OCH3 is 1. The van der Waals surface area contributed by atoms with Crippen LogP contribution >= 0.6 is 0 Å². The highest BCUT2D eigenvalue weighted by atomic mass is 16.6. The van der Waals surface area contributed by atoms with Gasteiger partial charge >= 0.3 is 0 Å². The Hall–Kier alpha value is -3.55. The number of benzene rings is 3. The third-order valence-corrected chi connectivity index (χ3v) is 4.69. The van der Waals surface area contributed by atoms with Crippen LogP contribution in [0.3, 0.4) is 0 Å². The van der Waals surface area contributed by atoms with Crippen LogP contribution in [-0.4, -0.2) is 31.2 Å². The maximum absolute atomic E-state index is 12.6. The van der Waals surface area contributed by atoms with Crippen LogP contribution in [-0.2, 0) is 16.1 Å². The fraction of sp³-hybridized carbons (Fsp3) is 0.208. The lowest BCUT2D eigenvalue weighted by Crippen LogP contribution is -2.12. The minimum atomic E-state index is -0.501. The summed E-state index contributed by atoms with van der Waals surface area (Å²) in [5.74, 6) is -0.414. The number of carbonyl (C=O) groups is 1. The molecule has 3 rings (SSSR count). The van der Waals surface area contributed by atoms with Crippen LogP contribution < -0.4 is 5.32 Å². The number of hydrogen-bond donors (Lipinski definition) is 1. The van der Waals surface area contributed by atoms with Crippen LogP contribution in [0.4, 0.5) is 11.4 Å². The molecule has 0 bridgehead atoms. The topological polar surface area (TPSA) is 90.7 Å². The van der Waals surface area contributed by atoms with E-state index in [-0.39, 0.29) is 17.9 Å². The fourth-order valence-corrected chi connectivity index (χ4v) is 3.06. The predicted molar refractivity (Wildman–Crippen MR) is 119 cm³/mol. The minimum absolute atomic E-state index is 0.100.